The Morgan fingerprint density at radius 1 is 1.10 bits per heavy atom. The van der Waals surface area contributed by atoms with Crippen LogP contribution in [-0.4, -0.2) is 38.8 Å². The first kappa shape index (κ1) is 26.6. The van der Waals surface area contributed by atoms with Crippen molar-refractivity contribution < 1.29 is 19.4 Å². The lowest BCUT2D eigenvalue weighted by Crippen LogP contribution is -2.16. The van der Waals surface area contributed by atoms with E-state index in [0.717, 1.165) is 33.8 Å². The summed E-state index contributed by atoms with van der Waals surface area (Å²) in [6.45, 7) is 5.98. The van der Waals surface area contributed by atoms with E-state index in [1.807, 2.05) is 55.5 Å². The molecule has 0 radical (unpaired) electrons. The fourth-order valence-electron chi connectivity index (χ4n) is 4.36. The average molecular weight is 543 g/mol. The van der Waals surface area contributed by atoms with Gasteiger partial charge in [-0.2, -0.15) is 4.98 Å². The first-order chi connectivity index (χ1) is 18.9. The third-order valence-electron chi connectivity index (χ3n) is 6.61. The van der Waals surface area contributed by atoms with Crippen LogP contribution in [0.15, 0.2) is 59.8 Å². The number of hydrogen-bond donors (Lipinski definition) is 2. The Balaban J connectivity index is 1.45. The number of nitrogens with zero attached hydrogens (tertiary/aromatic N) is 3. The number of aryl methyl sites for hydroxylation is 1. The standard InChI is InChI=1S/C30H30N4O4S/c1-17(2)19-5-9-22(10-6-19)32-26(36)16-39-30-25-13-24-21(15-35)14-31-18(3)27(24)38-29(25)33-28(34-30)20-7-11-23(37-4)12-8-20/h5-12,14,17,35H,13,15-16H2,1-4H3,(H,32,36). The van der Waals surface area contributed by atoms with Gasteiger partial charge in [-0.3, -0.25) is 9.78 Å². The zero-order chi connectivity index (χ0) is 27.5. The number of methoxy groups -OCH3 is 1. The highest BCUT2D eigenvalue weighted by molar-refractivity contribution is 8.00. The topological polar surface area (TPSA) is 106 Å². The molecule has 2 aromatic carbocycles. The number of aliphatic hydroxyl groups is 1. The number of thioether (sulfide) groups is 1. The highest BCUT2D eigenvalue weighted by Crippen LogP contribution is 2.42. The molecule has 9 heteroatoms. The third-order valence-corrected chi connectivity index (χ3v) is 7.63. The number of rotatable bonds is 8. The number of anilines is 1. The van der Waals surface area contributed by atoms with Gasteiger partial charge in [0.1, 0.15) is 10.8 Å². The number of amides is 1. The Hall–Kier alpha value is -3.95. The van der Waals surface area contributed by atoms with Crippen molar-refractivity contribution in [3.8, 4) is 28.8 Å². The number of aliphatic hydroxyl groups excluding tert-OH is 1. The van der Waals surface area contributed by atoms with Gasteiger partial charge >= 0.3 is 0 Å². The highest BCUT2D eigenvalue weighted by atomic mass is 32.2. The molecule has 0 saturated carbocycles. The number of aromatic nitrogens is 3. The predicted octanol–water partition coefficient (Wildman–Crippen LogP) is 5.90. The summed E-state index contributed by atoms with van der Waals surface area (Å²) in [5.74, 6) is 2.69. The molecule has 200 valence electrons. The first-order valence-electron chi connectivity index (χ1n) is 12.7. The molecule has 39 heavy (non-hydrogen) atoms. The van der Waals surface area contributed by atoms with Crippen molar-refractivity contribution in [3.05, 3.63) is 82.7 Å². The Morgan fingerprint density at radius 2 is 1.85 bits per heavy atom. The number of ether oxygens (including phenoxy) is 2. The van der Waals surface area contributed by atoms with Gasteiger partial charge in [-0.05, 0) is 54.8 Å². The van der Waals surface area contributed by atoms with Crippen LogP contribution in [0.4, 0.5) is 5.69 Å². The molecule has 0 spiro atoms. The zero-order valence-corrected chi connectivity index (χ0v) is 23.1. The summed E-state index contributed by atoms with van der Waals surface area (Å²) in [6.07, 6.45) is 2.13. The number of pyridine rings is 1. The van der Waals surface area contributed by atoms with E-state index in [-0.39, 0.29) is 18.3 Å². The Kier molecular flexibility index (Phi) is 7.81. The van der Waals surface area contributed by atoms with Crippen molar-refractivity contribution in [3.63, 3.8) is 0 Å². The number of benzene rings is 2. The van der Waals surface area contributed by atoms with Gasteiger partial charge in [-0.1, -0.05) is 37.7 Å². The molecule has 0 fully saturated rings. The van der Waals surface area contributed by atoms with Crippen LogP contribution in [0.1, 0.15) is 47.7 Å². The van der Waals surface area contributed by atoms with Crippen molar-refractivity contribution in [1.82, 2.24) is 15.0 Å². The van der Waals surface area contributed by atoms with Gasteiger partial charge in [-0.25, -0.2) is 4.98 Å². The minimum absolute atomic E-state index is 0.135. The van der Waals surface area contributed by atoms with E-state index < -0.39 is 0 Å². The van der Waals surface area contributed by atoms with Gasteiger partial charge in [0, 0.05) is 35.0 Å². The largest absolute Gasteiger partial charge is 0.497 e. The second-order valence-electron chi connectivity index (χ2n) is 9.59. The first-order valence-corrected chi connectivity index (χ1v) is 13.7. The second kappa shape index (κ2) is 11.4. The maximum absolute atomic E-state index is 12.9. The van der Waals surface area contributed by atoms with E-state index in [1.54, 1.807) is 13.3 Å². The highest BCUT2D eigenvalue weighted by Gasteiger charge is 2.28. The van der Waals surface area contributed by atoms with E-state index in [2.05, 4.69) is 24.1 Å². The molecular weight excluding hydrogens is 512 g/mol. The van der Waals surface area contributed by atoms with Crippen molar-refractivity contribution in [2.24, 2.45) is 0 Å². The molecule has 0 bridgehead atoms. The van der Waals surface area contributed by atoms with Crippen LogP contribution in [0.5, 0.6) is 17.4 Å². The van der Waals surface area contributed by atoms with Crippen molar-refractivity contribution in [1.29, 1.82) is 0 Å². The van der Waals surface area contributed by atoms with Crippen molar-refractivity contribution in [2.45, 2.75) is 44.7 Å². The Bertz CT molecular complexity index is 1510. The number of hydrogen-bond acceptors (Lipinski definition) is 8. The molecule has 1 amide bonds. The minimum Gasteiger partial charge on any atom is -0.497 e. The van der Waals surface area contributed by atoms with Crippen LogP contribution in [0, 0.1) is 6.92 Å². The SMILES string of the molecule is COc1ccc(-c2nc3c(c(SCC(=O)Nc4ccc(C(C)C)cc4)n2)Cc2c(CO)cnc(C)c2O3)cc1. The lowest BCUT2D eigenvalue weighted by Gasteiger charge is -2.24. The Morgan fingerprint density at radius 3 is 2.51 bits per heavy atom. The maximum Gasteiger partial charge on any atom is 0.234 e. The lowest BCUT2D eigenvalue weighted by atomic mass is 9.99. The molecule has 1 aliphatic heterocycles. The summed E-state index contributed by atoms with van der Waals surface area (Å²) in [4.78, 5) is 26.8. The smallest absolute Gasteiger partial charge is 0.234 e. The molecule has 4 aromatic rings. The lowest BCUT2D eigenvalue weighted by molar-refractivity contribution is -0.113. The third kappa shape index (κ3) is 5.74. The van der Waals surface area contributed by atoms with Gasteiger partial charge < -0.3 is 19.9 Å². The molecular formula is C30H30N4O4S. The van der Waals surface area contributed by atoms with Crippen molar-refractivity contribution in [2.75, 3.05) is 18.2 Å². The molecule has 0 unspecified atom stereocenters. The maximum atomic E-state index is 12.9. The molecule has 2 aromatic heterocycles. The van der Waals surface area contributed by atoms with Gasteiger partial charge in [-0.15, -0.1) is 0 Å². The minimum atomic E-state index is -0.153. The molecule has 0 saturated heterocycles. The molecule has 3 heterocycles. The molecule has 0 aliphatic carbocycles. The summed E-state index contributed by atoms with van der Waals surface area (Å²) in [6, 6.07) is 15.4. The number of fused-ring (bicyclic) bond motifs is 2. The molecule has 0 atom stereocenters. The summed E-state index contributed by atoms with van der Waals surface area (Å²) >= 11 is 1.33. The fourth-order valence-corrected chi connectivity index (χ4v) is 5.19. The van der Waals surface area contributed by atoms with Crippen LogP contribution in [0.2, 0.25) is 0 Å². The van der Waals surface area contributed by atoms with Crippen LogP contribution in [0.25, 0.3) is 11.4 Å². The van der Waals surface area contributed by atoms with Gasteiger partial charge in [0.25, 0.3) is 0 Å². The zero-order valence-electron chi connectivity index (χ0n) is 22.3. The van der Waals surface area contributed by atoms with Crippen LogP contribution < -0.4 is 14.8 Å². The molecule has 2 N–H and O–H groups in total. The summed E-state index contributed by atoms with van der Waals surface area (Å²) in [5, 5.41) is 13.5. The van der Waals surface area contributed by atoms with Gasteiger partial charge in [0.2, 0.25) is 11.8 Å². The molecule has 1 aliphatic rings. The van der Waals surface area contributed by atoms with Gasteiger partial charge in [0.05, 0.1) is 30.7 Å². The normalized spacial score (nSPS) is 11.9. The molecule has 8 nitrogen and oxygen atoms in total. The summed E-state index contributed by atoms with van der Waals surface area (Å²) in [7, 11) is 1.62. The number of nitrogens with one attached hydrogen (secondary N) is 1. The number of carbonyl (C=O) groups excluding carboxylic acids is 1. The monoisotopic (exact) mass is 542 g/mol. The van der Waals surface area contributed by atoms with Crippen LogP contribution in [-0.2, 0) is 17.8 Å². The van der Waals surface area contributed by atoms with Gasteiger partial charge in [0.15, 0.2) is 11.6 Å². The Labute approximate surface area is 231 Å². The van der Waals surface area contributed by atoms with Crippen molar-refractivity contribution >= 4 is 23.4 Å². The second-order valence-corrected chi connectivity index (χ2v) is 10.6. The quantitative estimate of drug-likeness (QED) is 0.184. The fraction of sp³-hybridized carbons (Fsp3) is 0.267. The summed E-state index contributed by atoms with van der Waals surface area (Å²) < 4.78 is 11.6. The number of carbonyl (C=O) groups is 1. The summed E-state index contributed by atoms with van der Waals surface area (Å²) in [5.41, 5.74) is 5.81. The van der Waals surface area contributed by atoms with E-state index in [1.165, 1.54) is 17.3 Å². The van der Waals surface area contributed by atoms with E-state index >= 15 is 0 Å². The average Bonchev–Trinajstić information content (AvgIpc) is 2.95. The predicted molar refractivity (Wildman–Crippen MR) is 152 cm³/mol. The van der Waals surface area contributed by atoms with Crippen LogP contribution >= 0.6 is 11.8 Å². The van der Waals surface area contributed by atoms with Crippen LogP contribution in [0.3, 0.4) is 0 Å². The van der Waals surface area contributed by atoms with E-state index in [4.69, 9.17) is 19.4 Å². The van der Waals surface area contributed by atoms with E-state index in [9.17, 15) is 9.90 Å². The van der Waals surface area contributed by atoms with E-state index in [0.29, 0.717) is 40.4 Å². The molecule has 5 rings (SSSR count).